The van der Waals surface area contributed by atoms with Gasteiger partial charge in [-0.25, -0.2) is 0 Å². The molecule has 1 N–H and O–H groups in total. The lowest BCUT2D eigenvalue weighted by Gasteiger charge is -2.26. The fraction of sp³-hybridized carbons (Fsp3) is 0.211. The molecular formula is C19H17NO5. The Morgan fingerprint density at radius 2 is 1.48 bits per heavy atom. The highest BCUT2D eigenvalue weighted by atomic mass is 16.5. The van der Waals surface area contributed by atoms with E-state index in [9.17, 15) is 9.59 Å². The molecule has 6 heteroatoms. The second-order valence-corrected chi connectivity index (χ2v) is 5.51. The first-order valence-corrected chi connectivity index (χ1v) is 7.60. The van der Waals surface area contributed by atoms with Crippen molar-refractivity contribution in [1.82, 2.24) is 0 Å². The molecule has 1 atom stereocenters. The first-order chi connectivity index (χ1) is 12.0. The molecule has 128 valence electrons. The molecule has 0 heterocycles. The predicted molar refractivity (Wildman–Crippen MR) is 91.7 cm³/mol. The van der Waals surface area contributed by atoms with Crippen molar-refractivity contribution in [3.8, 4) is 17.2 Å². The highest BCUT2D eigenvalue weighted by Crippen LogP contribution is 2.44. The van der Waals surface area contributed by atoms with Crippen LogP contribution in [0.5, 0.6) is 17.2 Å². The number of hydrogen-bond acceptors (Lipinski definition) is 6. The second-order valence-electron chi connectivity index (χ2n) is 5.51. The fourth-order valence-electron chi connectivity index (χ4n) is 3.11. The zero-order chi connectivity index (χ0) is 18.1. The summed E-state index contributed by atoms with van der Waals surface area (Å²) in [6.07, 6.45) is 0. The minimum absolute atomic E-state index is 0.258. The first-order valence-electron chi connectivity index (χ1n) is 7.60. The van der Waals surface area contributed by atoms with Crippen molar-refractivity contribution < 1.29 is 23.8 Å². The van der Waals surface area contributed by atoms with Crippen LogP contribution in [0.2, 0.25) is 0 Å². The molecule has 0 bridgehead atoms. The summed E-state index contributed by atoms with van der Waals surface area (Å²) in [6.45, 7) is 0. The summed E-state index contributed by atoms with van der Waals surface area (Å²) < 4.78 is 16.0. The van der Waals surface area contributed by atoms with Crippen molar-refractivity contribution in [2.24, 2.45) is 0 Å². The van der Waals surface area contributed by atoms with E-state index in [0.717, 1.165) is 0 Å². The minimum atomic E-state index is -1.04. The predicted octanol–water partition coefficient (Wildman–Crippen LogP) is 2.89. The van der Waals surface area contributed by atoms with Crippen LogP contribution in [0.25, 0.3) is 0 Å². The van der Waals surface area contributed by atoms with Gasteiger partial charge in [-0.3, -0.25) is 9.59 Å². The lowest BCUT2D eigenvalue weighted by Crippen LogP contribution is -2.35. The molecule has 0 amide bonds. The standard InChI is InChI=1S/C19H17NO5/c1-23-13-9-8-12(18(24-2)19(13)25-3)14-15(20)17(22)11-7-5-4-6-10(11)16(14)21/h4-9,14,20H,1-3H3. The van der Waals surface area contributed by atoms with Crippen LogP contribution >= 0.6 is 0 Å². The average molecular weight is 339 g/mol. The number of rotatable bonds is 4. The summed E-state index contributed by atoms with van der Waals surface area (Å²) in [5.74, 6) is -0.795. The first kappa shape index (κ1) is 16.7. The maximum Gasteiger partial charge on any atom is 0.208 e. The molecule has 25 heavy (non-hydrogen) atoms. The van der Waals surface area contributed by atoms with Gasteiger partial charge >= 0.3 is 0 Å². The van der Waals surface area contributed by atoms with Crippen molar-refractivity contribution in [2.75, 3.05) is 21.3 Å². The van der Waals surface area contributed by atoms with Gasteiger partial charge in [0.25, 0.3) is 0 Å². The van der Waals surface area contributed by atoms with E-state index in [1.165, 1.54) is 21.3 Å². The molecule has 0 radical (unpaired) electrons. The number of ketones is 2. The van der Waals surface area contributed by atoms with E-state index in [2.05, 4.69) is 0 Å². The van der Waals surface area contributed by atoms with Crippen LogP contribution in [0, 0.1) is 5.41 Å². The molecule has 0 aliphatic heterocycles. The Morgan fingerprint density at radius 3 is 2.08 bits per heavy atom. The fourth-order valence-corrected chi connectivity index (χ4v) is 3.11. The summed E-state index contributed by atoms with van der Waals surface area (Å²) in [5, 5.41) is 8.25. The summed E-state index contributed by atoms with van der Waals surface area (Å²) in [7, 11) is 4.39. The van der Waals surface area contributed by atoms with E-state index in [1.807, 2.05) is 0 Å². The second kappa shape index (κ2) is 6.39. The molecule has 3 rings (SSSR count). The van der Waals surface area contributed by atoms with Gasteiger partial charge in [-0.2, -0.15) is 0 Å². The number of ether oxygens (including phenoxy) is 3. The number of methoxy groups -OCH3 is 3. The van der Waals surface area contributed by atoms with Crippen LogP contribution in [0.1, 0.15) is 32.2 Å². The molecule has 6 nitrogen and oxygen atoms in total. The van der Waals surface area contributed by atoms with Gasteiger partial charge in [0.2, 0.25) is 11.5 Å². The van der Waals surface area contributed by atoms with Crippen molar-refractivity contribution in [1.29, 1.82) is 5.41 Å². The molecule has 0 spiro atoms. The lowest BCUT2D eigenvalue weighted by atomic mass is 9.76. The number of fused-ring (bicyclic) bond motifs is 1. The Balaban J connectivity index is 2.22. The van der Waals surface area contributed by atoms with Crippen molar-refractivity contribution >= 4 is 17.3 Å². The monoisotopic (exact) mass is 339 g/mol. The third-order valence-corrected chi connectivity index (χ3v) is 4.28. The van der Waals surface area contributed by atoms with Gasteiger partial charge in [-0.15, -0.1) is 0 Å². The van der Waals surface area contributed by atoms with E-state index in [0.29, 0.717) is 22.6 Å². The number of benzene rings is 2. The van der Waals surface area contributed by atoms with E-state index < -0.39 is 11.7 Å². The lowest BCUT2D eigenvalue weighted by molar-refractivity contribution is 0.0946. The molecule has 0 saturated heterocycles. The Bertz CT molecular complexity index is 887. The number of nitrogens with one attached hydrogen (secondary N) is 1. The quantitative estimate of drug-likeness (QED) is 0.926. The molecule has 1 aliphatic carbocycles. The van der Waals surface area contributed by atoms with Gasteiger partial charge in [0.15, 0.2) is 17.3 Å². The van der Waals surface area contributed by atoms with Crippen LogP contribution in [-0.4, -0.2) is 38.6 Å². The van der Waals surface area contributed by atoms with Gasteiger partial charge in [-0.05, 0) is 6.07 Å². The molecular weight excluding hydrogens is 322 g/mol. The normalized spacial score (nSPS) is 16.4. The van der Waals surface area contributed by atoms with Gasteiger partial charge in [0.1, 0.15) is 0 Å². The molecule has 1 unspecified atom stereocenters. The van der Waals surface area contributed by atoms with Crippen LogP contribution in [-0.2, 0) is 0 Å². The number of hydrogen-bond donors (Lipinski definition) is 1. The highest BCUT2D eigenvalue weighted by Gasteiger charge is 2.40. The third kappa shape index (κ3) is 2.46. The van der Waals surface area contributed by atoms with Gasteiger partial charge in [0.05, 0.1) is 33.0 Å². The van der Waals surface area contributed by atoms with E-state index >= 15 is 0 Å². The Labute approximate surface area is 144 Å². The zero-order valence-corrected chi connectivity index (χ0v) is 14.1. The SMILES string of the molecule is COc1ccc(C2C(=N)C(=O)c3ccccc3C2=O)c(OC)c1OC. The van der Waals surface area contributed by atoms with Crippen molar-refractivity contribution in [3.63, 3.8) is 0 Å². The van der Waals surface area contributed by atoms with Crippen LogP contribution in [0.3, 0.4) is 0 Å². The Kier molecular flexibility index (Phi) is 4.27. The largest absolute Gasteiger partial charge is 0.493 e. The summed E-state index contributed by atoms with van der Waals surface area (Å²) >= 11 is 0. The van der Waals surface area contributed by atoms with Gasteiger partial charge in [-0.1, -0.05) is 30.3 Å². The van der Waals surface area contributed by atoms with Crippen LogP contribution < -0.4 is 14.2 Å². The maximum atomic E-state index is 13.0. The Hall–Kier alpha value is -3.15. The summed E-state index contributed by atoms with van der Waals surface area (Å²) in [5.41, 5.74) is 0.686. The van der Waals surface area contributed by atoms with E-state index in [4.69, 9.17) is 19.6 Å². The number of carbonyl (C=O) groups excluding carboxylic acids is 2. The zero-order valence-electron chi connectivity index (χ0n) is 14.1. The van der Waals surface area contributed by atoms with Crippen molar-refractivity contribution in [3.05, 3.63) is 53.1 Å². The molecule has 0 fully saturated rings. The molecule has 2 aromatic rings. The third-order valence-electron chi connectivity index (χ3n) is 4.28. The molecule has 0 aromatic heterocycles. The van der Waals surface area contributed by atoms with E-state index in [1.54, 1.807) is 36.4 Å². The number of Topliss-reactive ketones (excluding diaryl/α,β-unsaturated/α-hetero) is 2. The minimum Gasteiger partial charge on any atom is -0.493 e. The van der Waals surface area contributed by atoms with Crippen molar-refractivity contribution in [2.45, 2.75) is 5.92 Å². The Morgan fingerprint density at radius 1 is 0.840 bits per heavy atom. The highest BCUT2D eigenvalue weighted by molar-refractivity contribution is 6.54. The van der Waals surface area contributed by atoms with Gasteiger partial charge in [0, 0.05) is 16.7 Å². The molecule has 0 saturated carbocycles. The summed E-state index contributed by atoms with van der Waals surface area (Å²) in [4.78, 5) is 25.5. The van der Waals surface area contributed by atoms with E-state index in [-0.39, 0.29) is 22.8 Å². The average Bonchev–Trinajstić information content (AvgIpc) is 2.65. The summed E-state index contributed by atoms with van der Waals surface area (Å²) in [6, 6.07) is 9.78. The number of carbonyl (C=O) groups is 2. The van der Waals surface area contributed by atoms with Crippen LogP contribution in [0.15, 0.2) is 36.4 Å². The topological polar surface area (TPSA) is 85.7 Å². The maximum absolute atomic E-state index is 13.0. The smallest absolute Gasteiger partial charge is 0.208 e. The molecule has 2 aromatic carbocycles. The van der Waals surface area contributed by atoms with Gasteiger partial charge < -0.3 is 19.6 Å². The van der Waals surface area contributed by atoms with Crippen LogP contribution in [0.4, 0.5) is 0 Å². The molecule has 1 aliphatic rings.